The van der Waals surface area contributed by atoms with E-state index < -0.39 is 11.6 Å². The van der Waals surface area contributed by atoms with E-state index in [4.69, 9.17) is 16.3 Å². The van der Waals surface area contributed by atoms with E-state index in [0.29, 0.717) is 19.7 Å². The number of benzene rings is 1. The van der Waals surface area contributed by atoms with E-state index in [1.807, 2.05) is 0 Å². The first-order valence-electron chi connectivity index (χ1n) is 5.63. The van der Waals surface area contributed by atoms with Gasteiger partial charge in [-0.1, -0.05) is 11.6 Å². The highest BCUT2D eigenvalue weighted by Gasteiger charge is 2.48. The van der Waals surface area contributed by atoms with Gasteiger partial charge in [-0.3, -0.25) is 0 Å². The van der Waals surface area contributed by atoms with Gasteiger partial charge in [0.25, 0.3) is 0 Å². The maximum Gasteiger partial charge on any atom is 0.151 e. The van der Waals surface area contributed by atoms with Crippen LogP contribution in [0.15, 0.2) is 12.1 Å². The number of epoxide rings is 1. The highest BCUT2D eigenvalue weighted by atomic mass is 35.5. The van der Waals surface area contributed by atoms with Gasteiger partial charge < -0.3 is 9.64 Å². The van der Waals surface area contributed by atoms with Crippen molar-refractivity contribution in [1.82, 2.24) is 0 Å². The van der Waals surface area contributed by atoms with Crippen LogP contribution in [0.1, 0.15) is 12.8 Å². The highest BCUT2D eigenvalue weighted by Crippen LogP contribution is 2.39. The molecule has 0 aromatic heterocycles. The summed E-state index contributed by atoms with van der Waals surface area (Å²) in [4.78, 5) is 1.72. The molecule has 1 aromatic rings. The Hall–Kier alpha value is -0.870. The molecule has 0 N–H and O–H groups in total. The number of ether oxygens (including phenoxy) is 1. The van der Waals surface area contributed by atoms with Gasteiger partial charge in [0.15, 0.2) is 11.6 Å². The zero-order chi connectivity index (χ0) is 12.0. The molecule has 92 valence electrons. The van der Waals surface area contributed by atoms with Gasteiger partial charge in [-0.25, -0.2) is 8.78 Å². The minimum atomic E-state index is -0.604. The van der Waals surface area contributed by atoms with Crippen molar-refractivity contribution in [1.29, 1.82) is 0 Å². The van der Waals surface area contributed by atoms with Gasteiger partial charge in [-0.2, -0.15) is 0 Å². The summed E-state index contributed by atoms with van der Waals surface area (Å²) in [5.41, 5.74) is -0.138. The van der Waals surface area contributed by atoms with Crippen LogP contribution in [0.3, 0.4) is 0 Å². The zero-order valence-electron chi connectivity index (χ0n) is 9.18. The van der Waals surface area contributed by atoms with Crippen molar-refractivity contribution in [3.05, 3.63) is 28.8 Å². The zero-order valence-corrected chi connectivity index (χ0v) is 9.94. The van der Waals surface area contributed by atoms with E-state index >= 15 is 0 Å². The molecule has 2 aliphatic heterocycles. The van der Waals surface area contributed by atoms with E-state index in [9.17, 15) is 8.78 Å². The third-order valence-electron chi connectivity index (χ3n) is 3.39. The molecule has 1 atom stereocenters. The van der Waals surface area contributed by atoms with Gasteiger partial charge in [0.1, 0.15) is 11.3 Å². The predicted molar refractivity (Wildman–Crippen MR) is 61.5 cm³/mol. The van der Waals surface area contributed by atoms with Crippen LogP contribution >= 0.6 is 11.6 Å². The molecule has 5 heteroatoms. The Morgan fingerprint density at radius 3 is 2.53 bits per heavy atom. The van der Waals surface area contributed by atoms with E-state index in [-0.39, 0.29) is 16.3 Å². The fraction of sp³-hybridized carbons (Fsp3) is 0.500. The van der Waals surface area contributed by atoms with E-state index in [1.54, 1.807) is 4.90 Å². The van der Waals surface area contributed by atoms with Crippen molar-refractivity contribution in [2.24, 2.45) is 0 Å². The van der Waals surface area contributed by atoms with Crippen LogP contribution in [0.2, 0.25) is 5.02 Å². The average Bonchev–Trinajstić information content (AvgIpc) is 2.96. The Kier molecular flexibility index (Phi) is 2.52. The summed E-state index contributed by atoms with van der Waals surface area (Å²) >= 11 is 5.61. The summed E-state index contributed by atoms with van der Waals surface area (Å²) in [5, 5.41) is 0.0816. The Labute approximate surface area is 103 Å². The van der Waals surface area contributed by atoms with Crippen molar-refractivity contribution in [3.8, 4) is 0 Å². The molecule has 0 bridgehead atoms. The number of hydrogen-bond acceptors (Lipinski definition) is 2. The molecule has 2 aliphatic rings. The lowest BCUT2D eigenvalue weighted by molar-refractivity contribution is 0.266. The summed E-state index contributed by atoms with van der Waals surface area (Å²) in [6.45, 7) is 1.91. The monoisotopic (exact) mass is 259 g/mol. The lowest BCUT2D eigenvalue weighted by Crippen LogP contribution is -2.41. The number of halogens is 3. The molecule has 1 spiro atoms. The molecule has 0 radical (unpaired) electrons. The molecule has 2 heterocycles. The molecule has 1 aromatic carbocycles. The molecular weight excluding hydrogens is 248 g/mol. The Bertz CT molecular complexity index is 439. The van der Waals surface area contributed by atoms with Crippen LogP contribution in [-0.4, -0.2) is 25.3 Å². The third kappa shape index (κ3) is 2.00. The van der Waals surface area contributed by atoms with Crippen LogP contribution in [0, 0.1) is 11.6 Å². The molecule has 1 unspecified atom stereocenters. The van der Waals surface area contributed by atoms with Crippen LogP contribution in [0.25, 0.3) is 0 Å². The molecular formula is C12H12ClF2NO. The Morgan fingerprint density at radius 1 is 1.29 bits per heavy atom. The normalized spacial score (nSPS) is 27.6. The maximum absolute atomic E-state index is 13.8. The molecule has 17 heavy (non-hydrogen) atoms. The minimum Gasteiger partial charge on any atom is -0.368 e. The first-order chi connectivity index (χ1) is 8.10. The second-order valence-electron chi connectivity index (χ2n) is 4.71. The number of rotatable bonds is 1. The quantitative estimate of drug-likeness (QED) is 0.721. The van der Waals surface area contributed by atoms with Gasteiger partial charge in [0, 0.05) is 18.1 Å². The summed E-state index contributed by atoms with van der Waals surface area (Å²) in [5.74, 6) is -1.21. The first kappa shape index (κ1) is 11.2. The summed E-state index contributed by atoms with van der Waals surface area (Å²) < 4.78 is 32.9. The fourth-order valence-corrected chi connectivity index (χ4v) is 2.65. The Balaban J connectivity index is 1.93. The van der Waals surface area contributed by atoms with E-state index in [0.717, 1.165) is 25.0 Å². The lowest BCUT2D eigenvalue weighted by Gasteiger charge is -2.33. The number of piperidine rings is 1. The molecule has 0 saturated carbocycles. The molecule has 0 aliphatic carbocycles. The highest BCUT2D eigenvalue weighted by molar-refractivity contribution is 6.30. The smallest absolute Gasteiger partial charge is 0.151 e. The maximum atomic E-state index is 13.8. The molecule has 2 fully saturated rings. The number of hydrogen-bond donors (Lipinski definition) is 0. The van der Waals surface area contributed by atoms with Crippen molar-refractivity contribution >= 4 is 17.3 Å². The topological polar surface area (TPSA) is 15.8 Å². The summed E-state index contributed by atoms with van der Waals surface area (Å²) in [6, 6.07) is 2.30. The van der Waals surface area contributed by atoms with Crippen molar-refractivity contribution in [3.63, 3.8) is 0 Å². The molecule has 2 saturated heterocycles. The lowest BCUT2D eigenvalue weighted by atomic mass is 9.98. The van der Waals surface area contributed by atoms with Crippen molar-refractivity contribution < 1.29 is 13.5 Å². The fourth-order valence-electron chi connectivity index (χ4n) is 2.46. The van der Waals surface area contributed by atoms with Gasteiger partial charge in [0.2, 0.25) is 0 Å². The van der Waals surface area contributed by atoms with Gasteiger partial charge in [-0.15, -0.1) is 0 Å². The number of anilines is 1. The van der Waals surface area contributed by atoms with Crippen LogP contribution < -0.4 is 4.90 Å². The first-order valence-corrected chi connectivity index (χ1v) is 6.01. The Morgan fingerprint density at radius 2 is 1.94 bits per heavy atom. The largest absolute Gasteiger partial charge is 0.368 e. The van der Waals surface area contributed by atoms with E-state index in [1.165, 1.54) is 0 Å². The van der Waals surface area contributed by atoms with Gasteiger partial charge in [-0.05, 0) is 25.0 Å². The van der Waals surface area contributed by atoms with Crippen molar-refractivity contribution in [2.45, 2.75) is 18.4 Å². The summed E-state index contributed by atoms with van der Waals surface area (Å²) in [7, 11) is 0. The average molecular weight is 260 g/mol. The van der Waals surface area contributed by atoms with Crippen molar-refractivity contribution in [2.75, 3.05) is 24.6 Å². The third-order valence-corrected chi connectivity index (χ3v) is 3.61. The van der Waals surface area contributed by atoms with E-state index in [2.05, 4.69) is 0 Å². The minimum absolute atomic E-state index is 0.0176. The molecule has 0 amide bonds. The van der Waals surface area contributed by atoms with Crippen LogP contribution in [0.4, 0.5) is 14.5 Å². The van der Waals surface area contributed by atoms with Crippen LogP contribution in [0.5, 0.6) is 0 Å². The standard InChI is InChI=1S/C12H12ClF2NO/c13-8-4-9(14)11(10(15)5-8)16-3-1-2-12(6-16)7-17-12/h4-5H,1-3,6-7H2. The predicted octanol–water partition coefficient (Wildman–Crippen LogP) is 2.99. The SMILES string of the molecule is Fc1cc(Cl)cc(F)c1N1CCCC2(CO2)C1. The van der Waals surface area contributed by atoms with Gasteiger partial charge >= 0.3 is 0 Å². The summed E-state index contributed by atoms with van der Waals surface area (Å²) in [6.07, 6.45) is 1.86. The molecule has 2 nitrogen and oxygen atoms in total. The molecule has 3 rings (SSSR count). The second kappa shape index (κ2) is 3.82. The number of nitrogens with zero attached hydrogens (tertiary/aromatic N) is 1. The van der Waals surface area contributed by atoms with Crippen LogP contribution in [-0.2, 0) is 4.74 Å². The van der Waals surface area contributed by atoms with Gasteiger partial charge in [0.05, 0.1) is 6.61 Å². The second-order valence-corrected chi connectivity index (χ2v) is 5.15.